The predicted molar refractivity (Wildman–Crippen MR) is 77.6 cm³/mol. The molecule has 0 bridgehead atoms. The Morgan fingerprint density at radius 3 is 2.47 bits per heavy atom. The van der Waals surface area contributed by atoms with E-state index in [1.165, 1.54) is 0 Å². The molecule has 1 aromatic carbocycles. The van der Waals surface area contributed by atoms with Crippen molar-refractivity contribution >= 4 is 34.7 Å². The fourth-order valence-electron chi connectivity index (χ4n) is 2.33. The van der Waals surface area contributed by atoms with Gasteiger partial charge in [0.05, 0.1) is 10.6 Å². The van der Waals surface area contributed by atoms with Crippen LogP contribution in [-0.2, 0) is 4.79 Å². The molecular formula is C14H15Cl2NO2. The molecule has 1 amide bonds. The Morgan fingerprint density at radius 2 is 1.95 bits per heavy atom. The van der Waals surface area contributed by atoms with Crippen LogP contribution < -0.4 is 5.32 Å². The van der Waals surface area contributed by atoms with E-state index in [0.29, 0.717) is 22.0 Å². The standard InChI is InChI=1S/C14H15Cl2NO2/c1-7-4-8(15)5-9(16)11(7)12-10(18)6-14(2,3)17-13(12)19/h4-5,18H,6H2,1-3H3,(H,17,19). The Kier molecular flexibility index (Phi) is 3.54. The lowest BCUT2D eigenvalue weighted by Crippen LogP contribution is -2.47. The zero-order valence-corrected chi connectivity index (χ0v) is 12.5. The highest BCUT2D eigenvalue weighted by Gasteiger charge is 2.34. The predicted octanol–water partition coefficient (Wildman–Crippen LogP) is 3.87. The highest BCUT2D eigenvalue weighted by molar-refractivity contribution is 6.38. The molecule has 0 spiro atoms. The molecule has 1 aromatic rings. The van der Waals surface area contributed by atoms with Crippen molar-refractivity contribution in [1.82, 2.24) is 5.32 Å². The van der Waals surface area contributed by atoms with Crippen molar-refractivity contribution in [2.75, 3.05) is 0 Å². The number of rotatable bonds is 1. The van der Waals surface area contributed by atoms with Gasteiger partial charge in [-0.2, -0.15) is 0 Å². The maximum absolute atomic E-state index is 12.2. The van der Waals surface area contributed by atoms with Gasteiger partial charge in [0.2, 0.25) is 0 Å². The Labute approximate surface area is 122 Å². The zero-order chi connectivity index (χ0) is 14.4. The highest BCUT2D eigenvalue weighted by atomic mass is 35.5. The summed E-state index contributed by atoms with van der Waals surface area (Å²) in [6, 6.07) is 3.29. The van der Waals surface area contributed by atoms with Crippen LogP contribution in [0.1, 0.15) is 31.4 Å². The van der Waals surface area contributed by atoms with E-state index in [9.17, 15) is 9.90 Å². The SMILES string of the molecule is Cc1cc(Cl)cc(Cl)c1C1=C(O)CC(C)(C)NC1=O. The van der Waals surface area contributed by atoms with Crippen molar-refractivity contribution in [3.63, 3.8) is 0 Å². The summed E-state index contributed by atoms with van der Waals surface area (Å²) in [5.74, 6) is -0.262. The average Bonchev–Trinajstić information content (AvgIpc) is 2.18. The molecule has 2 N–H and O–H groups in total. The molecule has 3 nitrogen and oxygen atoms in total. The number of hydrogen-bond acceptors (Lipinski definition) is 2. The summed E-state index contributed by atoms with van der Waals surface area (Å²) >= 11 is 12.1. The van der Waals surface area contributed by atoms with E-state index in [4.69, 9.17) is 23.2 Å². The highest BCUT2D eigenvalue weighted by Crippen LogP contribution is 2.36. The third kappa shape index (κ3) is 2.72. The molecule has 0 saturated heterocycles. The van der Waals surface area contributed by atoms with Gasteiger partial charge in [-0.25, -0.2) is 0 Å². The van der Waals surface area contributed by atoms with Gasteiger partial charge >= 0.3 is 0 Å². The summed E-state index contributed by atoms with van der Waals surface area (Å²) in [6.45, 7) is 5.52. The van der Waals surface area contributed by atoms with Crippen LogP contribution in [0.5, 0.6) is 0 Å². The van der Waals surface area contributed by atoms with Gasteiger partial charge in [0.1, 0.15) is 5.76 Å². The van der Waals surface area contributed by atoms with Crippen LogP contribution in [0.15, 0.2) is 17.9 Å². The van der Waals surface area contributed by atoms with Crippen LogP contribution >= 0.6 is 23.2 Å². The first kappa shape index (κ1) is 14.2. The normalized spacial score (nSPS) is 18.5. The maximum Gasteiger partial charge on any atom is 0.255 e. The molecule has 0 saturated carbocycles. The Morgan fingerprint density at radius 1 is 1.32 bits per heavy atom. The van der Waals surface area contributed by atoms with E-state index in [2.05, 4.69) is 5.32 Å². The Balaban J connectivity index is 2.62. The second-order valence-corrected chi connectivity index (χ2v) is 6.26. The van der Waals surface area contributed by atoms with Crippen molar-refractivity contribution in [3.05, 3.63) is 39.1 Å². The monoisotopic (exact) mass is 299 g/mol. The van der Waals surface area contributed by atoms with Gasteiger partial charge < -0.3 is 10.4 Å². The fourth-order valence-corrected chi connectivity index (χ4v) is 3.02. The Bertz CT molecular complexity index is 568. The lowest BCUT2D eigenvalue weighted by molar-refractivity contribution is -0.117. The summed E-state index contributed by atoms with van der Waals surface area (Å²) in [5, 5.41) is 13.9. The van der Waals surface area contributed by atoms with Gasteiger partial charge in [0.15, 0.2) is 0 Å². The fraction of sp³-hybridized carbons (Fsp3) is 0.357. The molecule has 0 radical (unpaired) electrons. The molecule has 0 atom stereocenters. The van der Waals surface area contributed by atoms with E-state index in [1.807, 2.05) is 13.8 Å². The number of carbonyl (C=O) groups is 1. The number of aliphatic hydroxyl groups is 1. The van der Waals surface area contributed by atoms with Crippen LogP contribution in [-0.4, -0.2) is 16.6 Å². The molecule has 102 valence electrons. The van der Waals surface area contributed by atoms with Crippen LogP contribution in [0, 0.1) is 6.92 Å². The summed E-state index contributed by atoms with van der Waals surface area (Å²) in [4.78, 5) is 12.2. The van der Waals surface area contributed by atoms with Crippen molar-refractivity contribution in [2.24, 2.45) is 0 Å². The summed E-state index contributed by atoms with van der Waals surface area (Å²) < 4.78 is 0. The largest absolute Gasteiger partial charge is 0.511 e. The van der Waals surface area contributed by atoms with Gasteiger partial charge in [-0.3, -0.25) is 4.79 Å². The minimum atomic E-state index is -0.461. The third-order valence-electron chi connectivity index (χ3n) is 3.08. The number of halogens is 2. The molecule has 0 fully saturated rings. The molecule has 1 aliphatic heterocycles. The summed E-state index contributed by atoms with van der Waals surface area (Å²) in [7, 11) is 0. The zero-order valence-electron chi connectivity index (χ0n) is 11.0. The van der Waals surface area contributed by atoms with E-state index in [-0.39, 0.29) is 17.2 Å². The molecule has 0 aliphatic carbocycles. The summed E-state index contributed by atoms with van der Waals surface area (Å²) in [5.41, 5.74) is 1.07. The maximum atomic E-state index is 12.2. The van der Waals surface area contributed by atoms with Crippen molar-refractivity contribution < 1.29 is 9.90 Å². The van der Waals surface area contributed by atoms with Gasteiger partial charge in [0, 0.05) is 22.5 Å². The molecule has 0 unspecified atom stereocenters. The second-order valence-electron chi connectivity index (χ2n) is 5.42. The molecular weight excluding hydrogens is 285 g/mol. The van der Waals surface area contributed by atoms with E-state index in [0.717, 1.165) is 5.56 Å². The quantitative estimate of drug-likeness (QED) is 0.827. The first-order valence-corrected chi connectivity index (χ1v) is 6.67. The van der Waals surface area contributed by atoms with E-state index < -0.39 is 5.54 Å². The summed E-state index contributed by atoms with van der Waals surface area (Å²) in [6.07, 6.45) is 0.368. The van der Waals surface area contributed by atoms with Crippen molar-refractivity contribution in [1.29, 1.82) is 0 Å². The number of aliphatic hydroxyl groups excluding tert-OH is 1. The van der Waals surface area contributed by atoms with Crippen molar-refractivity contribution in [2.45, 2.75) is 32.7 Å². The van der Waals surface area contributed by atoms with Gasteiger partial charge in [-0.15, -0.1) is 0 Å². The average molecular weight is 300 g/mol. The number of benzene rings is 1. The molecule has 1 aliphatic rings. The van der Waals surface area contributed by atoms with Gasteiger partial charge in [-0.1, -0.05) is 23.2 Å². The van der Waals surface area contributed by atoms with E-state index >= 15 is 0 Å². The third-order valence-corrected chi connectivity index (χ3v) is 3.60. The second kappa shape index (κ2) is 4.73. The van der Waals surface area contributed by atoms with Crippen LogP contribution in [0.25, 0.3) is 5.57 Å². The first-order valence-electron chi connectivity index (χ1n) is 5.92. The van der Waals surface area contributed by atoms with Gasteiger partial charge in [-0.05, 0) is 38.5 Å². The molecule has 1 heterocycles. The molecule has 2 rings (SSSR count). The topological polar surface area (TPSA) is 49.3 Å². The van der Waals surface area contributed by atoms with Crippen LogP contribution in [0.2, 0.25) is 10.0 Å². The number of carbonyl (C=O) groups excluding carboxylic acids is 1. The van der Waals surface area contributed by atoms with Crippen LogP contribution in [0.4, 0.5) is 0 Å². The lowest BCUT2D eigenvalue weighted by Gasteiger charge is -2.32. The lowest BCUT2D eigenvalue weighted by atomic mass is 9.88. The number of hydrogen-bond donors (Lipinski definition) is 2. The molecule has 19 heavy (non-hydrogen) atoms. The van der Waals surface area contributed by atoms with E-state index in [1.54, 1.807) is 19.1 Å². The minimum Gasteiger partial charge on any atom is -0.511 e. The number of aryl methyl sites for hydroxylation is 1. The molecule has 5 heteroatoms. The smallest absolute Gasteiger partial charge is 0.255 e. The van der Waals surface area contributed by atoms with Crippen molar-refractivity contribution in [3.8, 4) is 0 Å². The Hall–Kier alpha value is -1.19. The number of amides is 1. The van der Waals surface area contributed by atoms with Crippen LogP contribution in [0.3, 0.4) is 0 Å². The number of nitrogens with one attached hydrogen (secondary N) is 1. The molecule has 0 aromatic heterocycles. The van der Waals surface area contributed by atoms with Gasteiger partial charge in [0.25, 0.3) is 5.91 Å². The minimum absolute atomic E-state index is 0.0565. The first-order chi connectivity index (χ1) is 8.71.